The summed E-state index contributed by atoms with van der Waals surface area (Å²) in [4.78, 5) is 39.9. The number of anilines is 3. The molecule has 1 heterocycles. The summed E-state index contributed by atoms with van der Waals surface area (Å²) in [7, 11) is 0. The predicted octanol–water partition coefficient (Wildman–Crippen LogP) is 2.40. The highest BCUT2D eigenvalue weighted by Gasteiger charge is 2.45. The Morgan fingerprint density at radius 3 is 2.57 bits per heavy atom. The van der Waals surface area contributed by atoms with Crippen molar-refractivity contribution in [3.8, 4) is 0 Å². The number of esters is 1. The van der Waals surface area contributed by atoms with Crippen molar-refractivity contribution in [2.24, 2.45) is 0 Å². The normalized spacial score (nSPS) is 15.6. The van der Waals surface area contributed by atoms with Crippen molar-refractivity contribution in [3.05, 3.63) is 54.1 Å². The van der Waals surface area contributed by atoms with Crippen molar-refractivity contribution in [2.45, 2.75) is 32.4 Å². The van der Waals surface area contributed by atoms with Gasteiger partial charge in [0.25, 0.3) is 5.91 Å². The van der Waals surface area contributed by atoms with Crippen LogP contribution in [0.15, 0.2) is 48.5 Å². The largest absolute Gasteiger partial charge is 0.449 e. The van der Waals surface area contributed by atoms with Crippen molar-refractivity contribution < 1.29 is 24.2 Å². The minimum atomic E-state index is -1.16. The van der Waals surface area contributed by atoms with E-state index < -0.39 is 23.5 Å². The van der Waals surface area contributed by atoms with Crippen LogP contribution in [0.25, 0.3) is 0 Å². The molecular formula is C22H25N3O5. The van der Waals surface area contributed by atoms with Crippen molar-refractivity contribution in [1.29, 1.82) is 0 Å². The summed E-state index contributed by atoms with van der Waals surface area (Å²) >= 11 is 0. The first-order valence-electron chi connectivity index (χ1n) is 9.66. The summed E-state index contributed by atoms with van der Waals surface area (Å²) in [5, 5.41) is 14.7. The SMILES string of the molecule is C[C@H](OC(=O)c1ccccc1NCCO)C(=O)N1c2ccccc2NC(=O)C1(C)C. The van der Waals surface area contributed by atoms with E-state index in [0.29, 0.717) is 17.1 Å². The summed E-state index contributed by atoms with van der Waals surface area (Å²) in [5.41, 5.74) is 0.653. The van der Waals surface area contributed by atoms with Crippen LogP contribution < -0.4 is 15.5 Å². The molecule has 0 spiro atoms. The molecule has 0 saturated heterocycles. The Labute approximate surface area is 174 Å². The second kappa shape index (κ2) is 8.54. The first kappa shape index (κ1) is 21.3. The Bertz CT molecular complexity index is 973. The average molecular weight is 411 g/mol. The van der Waals surface area contributed by atoms with Gasteiger partial charge in [0.05, 0.1) is 23.5 Å². The molecular weight excluding hydrogens is 386 g/mol. The van der Waals surface area contributed by atoms with Crippen LogP contribution in [-0.2, 0) is 14.3 Å². The fraction of sp³-hybridized carbons (Fsp3) is 0.318. The first-order valence-corrected chi connectivity index (χ1v) is 9.66. The Balaban J connectivity index is 1.84. The maximum absolute atomic E-state index is 13.3. The fourth-order valence-electron chi connectivity index (χ4n) is 3.31. The second-order valence-electron chi connectivity index (χ2n) is 7.45. The number of benzene rings is 2. The molecule has 3 N–H and O–H groups in total. The summed E-state index contributed by atoms with van der Waals surface area (Å²) in [6.07, 6.45) is -1.12. The summed E-state index contributed by atoms with van der Waals surface area (Å²) in [5.74, 6) is -1.51. The minimum absolute atomic E-state index is 0.0935. The molecule has 3 rings (SSSR count). The van der Waals surface area contributed by atoms with Gasteiger partial charge in [-0.15, -0.1) is 0 Å². The molecule has 0 aliphatic carbocycles. The lowest BCUT2D eigenvalue weighted by molar-refractivity contribution is -0.131. The Hall–Kier alpha value is -3.39. The number of carbonyl (C=O) groups excluding carboxylic acids is 3. The third-order valence-corrected chi connectivity index (χ3v) is 4.93. The second-order valence-corrected chi connectivity index (χ2v) is 7.45. The number of hydrogen-bond acceptors (Lipinski definition) is 6. The number of nitrogens with one attached hydrogen (secondary N) is 2. The standard InChI is InChI=1S/C22H25N3O5/c1-14(30-20(28)15-8-4-5-9-16(15)23-12-13-26)19(27)25-18-11-7-6-10-17(18)24-21(29)22(25,2)3/h4-11,14,23,26H,12-13H2,1-3H3,(H,24,29)/t14-/m0/s1. The smallest absolute Gasteiger partial charge is 0.341 e. The van der Waals surface area contributed by atoms with Gasteiger partial charge >= 0.3 is 5.97 Å². The summed E-state index contributed by atoms with van der Waals surface area (Å²) < 4.78 is 5.45. The number of fused-ring (bicyclic) bond motifs is 1. The number of carbonyl (C=O) groups is 3. The van der Waals surface area contributed by atoms with Crippen LogP contribution >= 0.6 is 0 Å². The van der Waals surface area contributed by atoms with Gasteiger partial charge in [-0.2, -0.15) is 0 Å². The van der Waals surface area contributed by atoms with E-state index in [0.717, 1.165) is 0 Å². The van der Waals surface area contributed by atoms with E-state index in [2.05, 4.69) is 10.6 Å². The molecule has 1 aliphatic rings. The molecule has 0 unspecified atom stereocenters. The van der Waals surface area contributed by atoms with E-state index in [1.807, 2.05) is 0 Å². The number of hydrogen-bond donors (Lipinski definition) is 3. The van der Waals surface area contributed by atoms with Crippen LogP contribution in [0.2, 0.25) is 0 Å². The van der Waals surface area contributed by atoms with Crippen LogP contribution in [0.3, 0.4) is 0 Å². The average Bonchev–Trinajstić information content (AvgIpc) is 2.72. The molecule has 2 aromatic rings. The molecule has 1 atom stereocenters. The van der Waals surface area contributed by atoms with E-state index in [1.54, 1.807) is 62.4 Å². The molecule has 8 nitrogen and oxygen atoms in total. The molecule has 30 heavy (non-hydrogen) atoms. The molecule has 0 radical (unpaired) electrons. The quantitative estimate of drug-likeness (QED) is 0.630. The molecule has 1 aliphatic heterocycles. The molecule has 2 amide bonds. The number of amides is 2. The zero-order chi connectivity index (χ0) is 21.9. The zero-order valence-corrected chi connectivity index (χ0v) is 17.1. The van der Waals surface area contributed by atoms with Gasteiger partial charge in [-0.3, -0.25) is 14.5 Å². The van der Waals surface area contributed by atoms with Gasteiger partial charge in [0.1, 0.15) is 5.54 Å². The van der Waals surface area contributed by atoms with Gasteiger partial charge in [0, 0.05) is 12.2 Å². The van der Waals surface area contributed by atoms with Gasteiger partial charge in [-0.05, 0) is 45.0 Å². The number of aliphatic hydroxyl groups is 1. The highest BCUT2D eigenvalue weighted by Crippen LogP contribution is 2.37. The summed E-state index contributed by atoms with van der Waals surface area (Å²) in [6.45, 7) is 4.93. The van der Waals surface area contributed by atoms with Gasteiger partial charge in [0.2, 0.25) is 5.91 Å². The van der Waals surface area contributed by atoms with E-state index in [1.165, 1.54) is 11.8 Å². The predicted molar refractivity (Wildman–Crippen MR) is 114 cm³/mol. The lowest BCUT2D eigenvalue weighted by Crippen LogP contribution is -2.60. The monoisotopic (exact) mass is 411 g/mol. The number of rotatable bonds is 6. The number of para-hydroxylation sites is 3. The van der Waals surface area contributed by atoms with E-state index in [-0.39, 0.29) is 24.6 Å². The zero-order valence-electron chi connectivity index (χ0n) is 17.1. The number of nitrogens with zero attached hydrogens (tertiary/aromatic N) is 1. The van der Waals surface area contributed by atoms with Crippen molar-refractivity contribution in [2.75, 3.05) is 28.7 Å². The molecule has 0 bridgehead atoms. The van der Waals surface area contributed by atoms with Gasteiger partial charge < -0.3 is 20.5 Å². The molecule has 8 heteroatoms. The maximum Gasteiger partial charge on any atom is 0.341 e. The Kier molecular flexibility index (Phi) is 6.07. The van der Waals surface area contributed by atoms with Gasteiger partial charge in [-0.25, -0.2) is 4.79 Å². The van der Waals surface area contributed by atoms with Crippen LogP contribution in [0.4, 0.5) is 17.1 Å². The van der Waals surface area contributed by atoms with Crippen LogP contribution in [0.5, 0.6) is 0 Å². The lowest BCUT2D eigenvalue weighted by atomic mass is 9.95. The summed E-state index contributed by atoms with van der Waals surface area (Å²) in [6, 6.07) is 13.7. The highest BCUT2D eigenvalue weighted by molar-refractivity contribution is 6.15. The molecule has 0 saturated carbocycles. The fourth-order valence-corrected chi connectivity index (χ4v) is 3.31. The number of ether oxygens (including phenoxy) is 1. The first-order chi connectivity index (χ1) is 14.3. The van der Waals surface area contributed by atoms with E-state index >= 15 is 0 Å². The minimum Gasteiger partial charge on any atom is -0.449 e. The number of aliphatic hydroxyl groups excluding tert-OH is 1. The lowest BCUT2D eigenvalue weighted by Gasteiger charge is -2.42. The van der Waals surface area contributed by atoms with Crippen molar-refractivity contribution >= 4 is 34.8 Å². The third kappa shape index (κ3) is 3.99. The van der Waals surface area contributed by atoms with Gasteiger partial charge in [0.15, 0.2) is 6.10 Å². The Morgan fingerprint density at radius 1 is 1.17 bits per heavy atom. The molecule has 0 fully saturated rings. The van der Waals surface area contributed by atoms with Crippen LogP contribution in [0, 0.1) is 0 Å². The van der Waals surface area contributed by atoms with Gasteiger partial charge in [-0.1, -0.05) is 24.3 Å². The van der Waals surface area contributed by atoms with Crippen LogP contribution in [-0.4, -0.2) is 47.7 Å². The van der Waals surface area contributed by atoms with E-state index in [9.17, 15) is 14.4 Å². The Morgan fingerprint density at radius 2 is 1.83 bits per heavy atom. The molecule has 2 aromatic carbocycles. The van der Waals surface area contributed by atoms with E-state index in [4.69, 9.17) is 9.84 Å². The molecule has 158 valence electrons. The molecule has 0 aromatic heterocycles. The maximum atomic E-state index is 13.3. The van der Waals surface area contributed by atoms with Crippen molar-refractivity contribution in [1.82, 2.24) is 0 Å². The topological polar surface area (TPSA) is 108 Å². The van der Waals surface area contributed by atoms with Crippen molar-refractivity contribution in [3.63, 3.8) is 0 Å². The van der Waals surface area contributed by atoms with Crippen LogP contribution in [0.1, 0.15) is 31.1 Å². The highest BCUT2D eigenvalue weighted by atomic mass is 16.5. The third-order valence-electron chi connectivity index (χ3n) is 4.93.